The van der Waals surface area contributed by atoms with E-state index in [4.69, 9.17) is 0 Å². The minimum Gasteiger partial charge on any atom is -0.345 e. The molecule has 1 N–H and O–H groups in total. The number of aromatic nitrogens is 1. The summed E-state index contributed by atoms with van der Waals surface area (Å²) in [6.07, 6.45) is 3.72. The average molecular weight is 279 g/mol. The second-order valence-corrected chi connectivity index (χ2v) is 4.33. The van der Waals surface area contributed by atoms with Gasteiger partial charge in [0.2, 0.25) is 5.91 Å². The van der Waals surface area contributed by atoms with E-state index in [1.165, 1.54) is 0 Å². The molecule has 0 saturated heterocycles. The van der Waals surface area contributed by atoms with Crippen LogP contribution in [0.3, 0.4) is 0 Å². The summed E-state index contributed by atoms with van der Waals surface area (Å²) in [7, 11) is 0. The van der Waals surface area contributed by atoms with Gasteiger partial charge in [-0.15, -0.1) is 0 Å². The van der Waals surface area contributed by atoms with Crippen LogP contribution in [0.2, 0.25) is 0 Å². The molecule has 0 aliphatic carbocycles. The SMILES string of the molecule is O=C(Cn1cccc1)Nc1cccc(Br)c1. The molecule has 0 fully saturated rings. The maximum absolute atomic E-state index is 11.6. The molecular weight excluding hydrogens is 268 g/mol. The van der Waals surface area contributed by atoms with Crippen molar-refractivity contribution in [2.75, 3.05) is 5.32 Å². The van der Waals surface area contributed by atoms with E-state index in [0.717, 1.165) is 10.2 Å². The van der Waals surface area contributed by atoms with Gasteiger partial charge in [0.25, 0.3) is 0 Å². The Labute approximate surface area is 102 Å². The van der Waals surface area contributed by atoms with Crippen LogP contribution in [0.4, 0.5) is 5.69 Å². The number of benzene rings is 1. The Bertz CT molecular complexity index is 480. The van der Waals surface area contributed by atoms with Crippen molar-refractivity contribution in [2.24, 2.45) is 0 Å². The summed E-state index contributed by atoms with van der Waals surface area (Å²) in [4.78, 5) is 11.6. The van der Waals surface area contributed by atoms with Crippen molar-refractivity contribution < 1.29 is 4.79 Å². The van der Waals surface area contributed by atoms with Crippen LogP contribution in [-0.4, -0.2) is 10.5 Å². The van der Waals surface area contributed by atoms with Gasteiger partial charge in [0, 0.05) is 22.6 Å². The number of amides is 1. The van der Waals surface area contributed by atoms with Gasteiger partial charge in [-0.3, -0.25) is 4.79 Å². The van der Waals surface area contributed by atoms with Crippen molar-refractivity contribution in [1.29, 1.82) is 0 Å². The largest absolute Gasteiger partial charge is 0.345 e. The van der Waals surface area contributed by atoms with Crippen molar-refractivity contribution >= 4 is 27.5 Å². The molecule has 2 rings (SSSR count). The third-order valence-corrected chi connectivity index (χ3v) is 2.59. The maximum Gasteiger partial charge on any atom is 0.244 e. The van der Waals surface area contributed by atoms with Gasteiger partial charge < -0.3 is 9.88 Å². The molecule has 1 heterocycles. The zero-order valence-corrected chi connectivity index (χ0v) is 10.1. The van der Waals surface area contributed by atoms with Crippen LogP contribution in [0.1, 0.15) is 0 Å². The van der Waals surface area contributed by atoms with Crippen LogP contribution in [0.25, 0.3) is 0 Å². The third-order valence-electron chi connectivity index (χ3n) is 2.10. The Hall–Kier alpha value is -1.55. The van der Waals surface area contributed by atoms with E-state index >= 15 is 0 Å². The van der Waals surface area contributed by atoms with E-state index in [2.05, 4.69) is 21.2 Å². The first-order chi connectivity index (χ1) is 7.74. The molecule has 4 heteroatoms. The second-order valence-electron chi connectivity index (χ2n) is 3.41. The van der Waals surface area contributed by atoms with E-state index in [1.807, 2.05) is 53.4 Å². The van der Waals surface area contributed by atoms with Crippen LogP contribution in [0.5, 0.6) is 0 Å². The van der Waals surface area contributed by atoms with E-state index in [9.17, 15) is 4.79 Å². The first kappa shape index (κ1) is 11.0. The van der Waals surface area contributed by atoms with Crippen LogP contribution in [0, 0.1) is 0 Å². The van der Waals surface area contributed by atoms with Gasteiger partial charge in [-0.1, -0.05) is 22.0 Å². The molecule has 0 saturated carbocycles. The topological polar surface area (TPSA) is 34.0 Å². The fourth-order valence-electron chi connectivity index (χ4n) is 1.41. The lowest BCUT2D eigenvalue weighted by Crippen LogP contribution is -2.17. The van der Waals surface area contributed by atoms with E-state index in [1.54, 1.807) is 0 Å². The number of halogens is 1. The van der Waals surface area contributed by atoms with E-state index in [-0.39, 0.29) is 5.91 Å². The molecule has 0 aliphatic rings. The molecular formula is C12H11BrN2O. The van der Waals surface area contributed by atoms with Crippen LogP contribution < -0.4 is 5.32 Å². The normalized spacial score (nSPS) is 10.1. The van der Waals surface area contributed by atoms with Gasteiger partial charge >= 0.3 is 0 Å². The summed E-state index contributed by atoms with van der Waals surface area (Å²) in [6, 6.07) is 11.3. The molecule has 2 aromatic rings. The van der Waals surface area contributed by atoms with Crippen molar-refractivity contribution in [3.63, 3.8) is 0 Å². The summed E-state index contributed by atoms with van der Waals surface area (Å²) in [5.41, 5.74) is 0.798. The lowest BCUT2D eigenvalue weighted by molar-refractivity contribution is -0.116. The molecule has 0 unspecified atom stereocenters. The number of anilines is 1. The van der Waals surface area contributed by atoms with Crippen molar-refractivity contribution in [3.8, 4) is 0 Å². The van der Waals surface area contributed by atoms with Crippen LogP contribution in [-0.2, 0) is 11.3 Å². The lowest BCUT2D eigenvalue weighted by Gasteiger charge is -2.06. The highest BCUT2D eigenvalue weighted by Crippen LogP contribution is 2.15. The monoisotopic (exact) mass is 278 g/mol. The van der Waals surface area contributed by atoms with Gasteiger partial charge in [-0.2, -0.15) is 0 Å². The number of carbonyl (C=O) groups is 1. The quantitative estimate of drug-likeness (QED) is 0.921. The standard InChI is InChI=1S/C12H11BrN2O/c13-10-4-3-5-11(8-10)14-12(16)9-15-6-1-2-7-15/h1-8H,9H2,(H,14,16). The Balaban J connectivity index is 1.97. The number of nitrogens with zero attached hydrogens (tertiary/aromatic N) is 1. The summed E-state index contributed by atoms with van der Waals surface area (Å²) in [6.45, 7) is 0.333. The Morgan fingerprint density at radius 1 is 1.25 bits per heavy atom. The first-order valence-corrected chi connectivity index (χ1v) is 5.69. The minimum atomic E-state index is -0.0331. The van der Waals surface area contributed by atoms with E-state index < -0.39 is 0 Å². The molecule has 0 spiro atoms. The highest BCUT2D eigenvalue weighted by Gasteiger charge is 2.02. The highest BCUT2D eigenvalue weighted by molar-refractivity contribution is 9.10. The van der Waals surface area contributed by atoms with E-state index in [0.29, 0.717) is 6.54 Å². The molecule has 0 atom stereocenters. The average Bonchev–Trinajstić information content (AvgIpc) is 2.70. The molecule has 1 aromatic heterocycles. The van der Waals surface area contributed by atoms with Gasteiger partial charge in [-0.25, -0.2) is 0 Å². The number of hydrogen-bond donors (Lipinski definition) is 1. The van der Waals surface area contributed by atoms with Crippen LogP contribution in [0.15, 0.2) is 53.3 Å². The lowest BCUT2D eigenvalue weighted by atomic mass is 10.3. The fraction of sp³-hybridized carbons (Fsp3) is 0.0833. The Morgan fingerprint density at radius 3 is 2.69 bits per heavy atom. The molecule has 1 aromatic carbocycles. The second kappa shape index (κ2) is 4.99. The zero-order chi connectivity index (χ0) is 11.4. The number of rotatable bonds is 3. The molecule has 82 valence electrons. The van der Waals surface area contributed by atoms with Crippen molar-refractivity contribution in [3.05, 3.63) is 53.3 Å². The Kier molecular flexibility index (Phi) is 3.41. The Morgan fingerprint density at radius 2 is 2.00 bits per heavy atom. The highest BCUT2D eigenvalue weighted by atomic mass is 79.9. The first-order valence-electron chi connectivity index (χ1n) is 4.90. The fourth-order valence-corrected chi connectivity index (χ4v) is 1.81. The minimum absolute atomic E-state index is 0.0331. The summed E-state index contributed by atoms with van der Waals surface area (Å²) >= 11 is 3.36. The molecule has 0 radical (unpaired) electrons. The smallest absolute Gasteiger partial charge is 0.244 e. The predicted molar refractivity (Wildman–Crippen MR) is 67.2 cm³/mol. The molecule has 0 bridgehead atoms. The predicted octanol–water partition coefficient (Wildman–Crippen LogP) is 2.89. The molecule has 1 amide bonds. The molecule has 3 nitrogen and oxygen atoms in total. The summed E-state index contributed by atoms with van der Waals surface area (Å²) in [5, 5.41) is 2.83. The number of hydrogen-bond acceptors (Lipinski definition) is 1. The summed E-state index contributed by atoms with van der Waals surface area (Å²) in [5.74, 6) is -0.0331. The van der Waals surface area contributed by atoms with Gasteiger partial charge in [-0.05, 0) is 30.3 Å². The van der Waals surface area contributed by atoms with Crippen molar-refractivity contribution in [2.45, 2.75) is 6.54 Å². The zero-order valence-electron chi connectivity index (χ0n) is 8.56. The van der Waals surface area contributed by atoms with Gasteiger partial charge in [0.05, 0.1) is 0 Å². The van der Waals surface area contributed by atoms with Crippen molar-refractivity contribution in [1.82, 2.24) is 4.57 Å². The van der Waals surface area contributed by atoms with Gasteiger partial charge in [0.1, 0.15) is 6.54 Å². The number of carbonyl (C=O) groups excluding carboxylic acids is 1. The summed E-state index contributed by atoms with van der Waals surface area (Å²) < 4.78 is 2.78. The molecule has 16 heavy (non-hydrogen) atoms. The number of nitrogens with one attached hydrogen (secondary N) is 1. The van der Waals surface area contributed by atoms with Gasteiger partial charge in [0.15, 0.2) is 0 Å². The molecule has 0 aliphatic heterocycles. The maximum atomic E-state index is 11.6. The third kappa shape index (κ3) is 2.97. The van der Waals surface area contributed by atoms with Crippen LogP contribution >= 0.6 is 15.9 Å².